The van der Waals surface area contributed by atoms with Gasteiger partial charge in [0.15, 0.2) is 0 Å². The molecule has 2 heterocycles. The van der Waals surface area contributed by atoms with Crippen LogP contribution in [0.25, 0.3) is 6.08 Å². The number of nitrogens with zero attached hydrogens (tertiary/aromatic N) is 1. The second kappa shape index (κ2) is 6.51. The van der Waals surface area contributed by atoms with Gasteiger partial charge in [0.25, 0.3) is 5.91 Å². The van der Waals surface area contributed by atoms with E-state index in [0.29, 0.717) is 9.23 Å². The lowest BCUT2D eigenvalue weighted by atomic mass is 10.2. The first-order chi connectivity index (χ1) is 9.52. The van der Waals surface area contributed by atoms with Crippen LogP contribution in [0.2, 0.25) is 0 Å². The number of ether oxygens (including phenoxy) is 1. The van der Waals surface area contributed by atoms with Crippen molar-refractivity contribution < 1.29 is 14.3 Å². The number of aryl methyl sites for hydroxylation is 1. The van der Waals surface area contributed by atoms with Gasteiger partial charge in [-0.25, -0.2) is 0 Å². The molecule has 1 fully saturated rings. The van der Waals surface area contributed by atoms with E-state index in [2.05, 4.69) is 4.74 Å². The zero-order valence-electron chi connectivity index (χ0n) is 11.0. The molecule has 0 aliphatic carbocycles. The Morgan fingerprint density at radius 1 is 1.55 bits per heavy atom. The largest absolute Gasteiger partial charge is 0.469 e. The van der Waals surface area contributed by atoms with Crippen molar-refractivity contribution in [2.24, 2.45) is 0 Å². The Balaban J connectivity index is 2.11. The van der Waals surface area contributed by atoms with Gasteiger partial charge in [-0.1, -0.05) is 24.0 Å². The van der Waals surface area contributed by atoms with Gasteiger partial charge in [-0.3, -0.25) is 14.5 Å². The van der Waals surface area contributed by atoms with Crippen LogP contribution in [0.3, 0.4) is 0 Å². The van der Waals surface area contributed by atoms with Crippen molar-refractivity contribution in [2.45, 2.75) is 13.3 Å². The van der Waals surface area contributed by atoms with Crippen LogP contribution in [-0.4, -0.2) is 34.8 Å². The second-order valence-corrected chi connectivity index (χ2v) is 6.75. The Kier molecular flexibility index (Phi) is 4.95. The minimum absolute atomic E-state index is 0.142. The van der Waals surface area contributed by atoms with Crippen LogP contribution >= 0.6 is 35.3 Å². The molecule has 1 amide bonds. The van der Waals surface area contributed by atoms with Crippen molar-refractivity contribution in [3.8, 4) is 0 Å². The van der Waals surface area contributed by atoms with E-state index in [4.69, 9.17) is 12.2 Å². The summed E-state index contributed by atoms with van der Waals surface area (Å²) in [4.78, 5) is 26.5. The predicted molar refractivity (Wildman–Crippen MR) is 85.6 cm³/mol. The molecule has 1 aromatic rings. The molecule has 0 bridgehead atoms. The summed E-state index contributed by atoms with van der Waals surface area (Å²) in [6, 6.07) is 2.01. The van der Waals surface area contributed by atoms with E-state index >= 15 is 0 Å². The number of thiocarbonyl (C=S) groups is 1. The predicted octanol–water partition coefficient (Wildman–Crippen LogP) is 2.82. The monoisotopic (exact) mass is 327 g/mol. The third-order valence-corrected chi connectivity index (χ3v) is 5.15. The number of rotatable bonds is 4. The summed E-state index contributed by atoms with van der Waals surface area (Å²) in [6.07, 6.45) is 2.01. The summed E-state index contributed by atoms with van der Waals surface area (Å²) >= 11 is 8.05. The summed E-state index contributed by atoms with van der Waals surface area (Å²) in [7, 11) is 1.33. The van der Waals surface area contributed by atoms with Crippen LogP contribution in [0.15, 0.2) is 16.4 Å². The third-order valence-electron chi connectivity index (χ3n) is 2.80. The van der Waals surface area contributed by atoms with Crippen LogP contribution in [0.4, 0.5) is 0 Å². The van der Waals surface area contributed by atoms with Crippen LogP contribution in [0, 0.1) is 6.92 Å². The quantitative estimate of drug-likeness (QED) is 0.483. The molecule has 0 spiro atoms. The normalized spacial score (nSPS) is 17.1. The molecule has 0 N–H and O–H groups in total. The van der Waals surface area contributed by atoms with Gasteiger partial charge < -0.3 is 4.74 Å². The average Bonchev–Trinajstić information content (AvgIpc) is 2.93. The van der Waals surface area contributed by atoms with E-state index in [9.17, 15) is 9.59 Å². The van der Waals surface area contributed by atoms with Crippen molar-refractivity contribution >= 4 is 57.6 Å². The number of methoxy groups -OCH3 is 1. The van der Waals surface area contributed by atoms with E-state index < -0.39 is 0 Å². The molecule has 0 radical (unpaired) electrons. The molecule has 1 aliphatic rings. The molecular weight excluding hydrogens is 314 g/mol. The highest BCUT2D eigenvalue weighted by molar-refractivity contribution is 8.26. The summed E-state index contributed by atoms with van der Waals surface area (Å²) < 4.78 is 5.05. The molecular formula is C13H13NO3S3. The molecule has 4 nitrogen and oxygen atoms in total. The fraction of sp³-hybridized carbons (Fsp3) is 0.308. The van der Waals surface area contributed by atoms with E-state index in [1.54, 1.807) is 11.3 Å². The highest BCUT2D eigenvalue weighted by Crippen LogP contribution is 2.34. The van der Waals surface area contributed by atoms with Gasteiger partial charge in [0.1, 0.15) is 4.32 Å². The fourth-order valence-electron chi connectivity index (χ4n) is 1.65. The van der Waals surface area contributed by atoms with Gasteiger partial charge in [-0.2, -0.15) is 0 Å². The summed E-state index contributed by atoms with van der Waals surface area (Å²) in [5.41, 5.74) is 1.13. The minimum atomic E-state index is -0.350. The topological polar surface area (TPSA) is 46.6 Å². The molecule has 106 valence electrons. The number of carbonyl (C=O) groups excluding carboxylic acids is 2. The standard InChI is InChI=1S/C13H13NO3S3/c1-8-4-6-19-9(8)7-10-12(16)14(13(18)20-10)5-3-11(15)17-2/h4,6-7H,3,5H2,1-2H3/b10-7+. The first-order valence-corrected chi connectivity index (χ1v) is 7.99. The van der Waals surface area contributed by atoms with Crippen LogP contribution in [0.1, 0.15) is 16.9 Å². The first kappa shape index (κ1) is 15.2. The lowest BCUT2D eigenvalue weighted by Crippen LogP contribution is -2.30. The van der Waals surface area contributed by atoms with Gasteiger partial charge in [-0.15, -0.1) is 11.3 Å². The van der Waals surface area contributed by atoms with E-state index in [1.807, 2.05) is 24.4 Å². The zero-order valence-corrected chi connectivity index (χ0v) is 13.5. The van der Waals surface area contributed by atoms with Gasteiger partial charge in [0.05, 0.1) is 18.4 Å². The summed E-state index contributed by atoms with van der Waals surface area (Å²) in [5, 5.41) is 1.99. The molecule has 0 unspecified atom stereocenters. The molecule has 0 atom stereocenters. The Labute approximate surface area is 130 Å². The molecule has 0 aromatic carbocycles. The molecule has 0 saturated carbocycles. The zero-order chi connectivity index (χ0) is 14.7. The molecule has 1 saturated heterocycles. The summed E-state index contributed by atoms with van der Waals surface area (Å²) in [6.45, 7) is 2.26. The van der Waals surface area contributed by atoms with E-state index in [-0.39, 0.29) is 24.8 Å². The van der Waals surface area contributed by atoms with Crippen molar-refractivity contribution in [1.82, 2.24) is 4.90 Å². The van der Waals surface area contributed by atoms with E-state index in [1.165, 1.54) is 23.8 Å². The van der Waals surface area contributed by atoms with Crippen LogP contribution in [-0.2, 0) is 14.3 Å². The minimum Gasteiger partial charge on any atom is -0.469 e. The highest BCUT2D eigenvalue weighted by atomic mass is 32.2. The Morgan fingerprint density at radius 3 is 2.90 bits per heavy atom. The molecule has 2 rings (SSSR count). The SMILES string of the molecule is COC(=O)CCN1C(=O)/C(=C\c2sccc2C)SC1=S. The van der Waals surface area contributed by atoms with Crippen molar-refractivity contribution in [3.63, 3.8) is 0 Å². The van der Waals surface area contributed by atoms with Crippen molar-refractivity contribution in [1.29, 1.82) is 0 Å². The third kappa shape index (κ3) is 3.28. The number of thiophene rings is 1. The number of thioether (sulfide) groups is 1. The Bertz CT molecular complexity index is 591. The maximum absolute atomic E-state index is 12.3. The fourth-order valence-corrected chi connectivity index (χ4v) is 3.87. The van der Waals surface area contributed by atoms with Crippen LogP contribution < -0.4 is 0 Å². The maximum atomic E-state index is 12.3. The van der Waals surface area contributed by atoms with Gasteiger partial charge in [0, 0.05) is 11.4 Å². The van der Waals surface area contributed by atoms with Gasteiger partial charge >= 0.3 is 5.97 Å². The number of esters is 1. The highest BCUT2D eigenvalue weighted by Gasteiger charge is 2.32. The van der Waals surface area contributed by atoms with E-state index in [0.717, 1.165) is 10.4 Å². The molecule has 1 aliphatic heterocycles. The lowest BCUT2D eigenvalue weighted by Gasteiger charge is -2.12. The van der Waals surface area contributed by atoms with Crippen molar-refractivity contribution in [2.75, 3.05) is 13.7 Å². The number of hydrogen-bond acceptors (Lipinski definition) is 6. The maximum Gasteiger partial charge on any atom is 0.307 e. The van der Waals surface area contributed by atoms with Crippen molar-refractivity contribution in [3.05, 3.63) is 26.8 Å². The molecule has 1 aromatic heterocycles. The second-order valence-electron chi connectivity index (χ2n) is 4.13. The summed E-state index contributed by atoms with van der Waals surface area (Å²) in [5.74, 6) is -0.492. The lowest BCUT2D eigenvalue weighted by molar-refractivity contribution is -0.140. The van der Waals surface area contributed by atoms with Crippen LogP contribution in [0.5, 0.6) is 0 Å². The van der Waals surface area contributed by atoms with Gasteiger partial charge in [0.2, 0.25) is 0 Å². The number of carbonyl (C=O) groups is 2. The average molecular weight is 327 g/mol. The van der Waals surface area contributed by atoms with Gasteiger partial charge in [-0.05, 0) is 30.0 Å². The Hall–Kier alpha value is -1.18. The number of hydrogen-bond donors (Lipinski definition) is 0. The number of amides is 1. The first-order valence-electron chi connectivity index (χ1n) is 5.89. The molecule has 20 heavy (non-hydrogen) atoms. The molecule has 7 heteroatoms. The smallest absolute Gasteiger partial charge is 0.307 e. The Morgan fingerprint density at radius 2 is 2.30 bits per heavy atom.